The summed E-state index contributed by atoms with van der Waals surface area (Å²) in [4.78, 5) is 11.6. The number of alkyl halides is 3. The lowest BCUT2D eigenvalue weighted by atomic mass is 10.1. The van der Waals surface area contributed by atoms with Crippen molar-refractivity contribution in [3.8, 4) is 5.75 Å². The summed E-state index contributed by atoms with van der Waals surface area (Å²) in [5, 5.41) is 5.69. The van der Waals surface area contributed by atoms with Crippen molar-refractivity contribution in [1.82, 2.24) is 10.6 Å². The van der Waals surface area contributed by atoms with Crippen LogP contribution in [-0.2, 0) is 11.2 Å². The number of carbonyl (C=O) groups is 1. The Bertz CT molecular complexity index is 447. The third-order valence-electron chi connectivity index (χ3n) is 2.83. The topological polar surface area (TPSA) is 50.4 Å². The number of halogens is 3. The van der Waals surface area contributed by atoms with Gasteiger partial charge in [-0.2, -0.15) is 0 Å². The van der Waals surface area contributed by atoms with Gasteiger partial charge in [0.15, 0.2) is 0 Å². The molecule has 0 spiro atoms. The van der Waals surface area contributed by atoms with Crippen molar-refractivity contribution in [1.29, 1.82) is 0 Å². The zero-order chi connectivity index (χ0) is 15.9. The fourth-order valence-electron chi connectivity index (χ4n) is 1.76. The van der Waals surface area contributed by atoms with E-state index < -0.39 is 6.36 Å². The normalized spacial score (nSPS) is 12.8. The number of ether oxygens (including phenoxy) is 1. The van der Waals surface area contributed by atoms with Crippen molar-refractivity contribution in [2.45, 2.75) is 19.7 Å². The van der Waals surface area contributed by atoms with Gasteiger partial charge in [0, 0.05) is 19.0 Å². The molecule has 1 aromatic carbocycles. The average Bonchev–Trinajstić information content (AvgIpc) is 2.39. The number of amides is 1. The number of rotatable bonds is 7. The van der Waals surface area contributed by atoms with Gasteiger partial charge in [-0.25, -0.2) is 0 Å². The third-order valence-corrected chi connectivity index (χ3v) is 2.83. The molecule has 1 aromatic rings. The molecule has 0 fully saturated rings. The van der Waals surface area contributed by atoms with Crippen LogP contribution in [0.2, 0.25) is 0 Å². The first kappa shape index (κ1) is 17.3. The minimum absolute atomic E-state index is 0.0543. The maximum absolute atomic E-state index is 12.0. The number of nitrogens with one attached hydrogen (secondary N) is 2. The molecule has 0 aliphatic rings. The molecule has 0 bridgehead atoms. The van der Waals surface area contributed by atoms with Gasteiger partial charge in [0.1, 0.15) is 5.75 Å². The molecule has 0 radical (unpaired) electrons. The second-order valence-corrected chi connectivity index (χ2v) is 4.69. The lowest BCUT2D eigenvalue weighted by Crippen LogP contribution is -2.35. The quantitative estimate of drug-likeness (QED) is 0.811. The van der Waals surface area contributed by atoms with E-state index in [4.69, 9.17) is 0 Å². The van der Waals surface area contributed by atoms with Crippen LogP contribution >= 0.6 is 0 Å². The molecule has 1 unspecified atom stereocenters. The molecule has 0 aromatic heterocycles. The molecular weight excluding hydrogens is 285 g/mol. The van der Waals surface area contributed by atoms with Crippen molar-refractivity contribution in [2.24, 2.45) is 5.92 Å². The van der Waals surface area contributed by atoms with Crippen LogP contribution < -0.4 is 15.4 Å². The van der Waals surface area contributed by atoms with Gasteiger partial charge < -0.3 is 15.4 Å². The third kappa shape index (κ3) is 6.99. The summed E-state index contributed by atoms with van der Waals surface area (Å²) in [7, 11) is 1.77. The largest absolute Gasteiger partial charge is 0.573 e. The standard InChI is InChI=1S/C14H19F3N2O2/c1-10(9-18-2)13(20)19-8-7-11-3-5-12(6-4-11)21-14(15,16)17/h3-6,10,18H,7-9H2,1-2H3,(H,19,20). The smallest absolute Gasteiger partial charge is 0.406 e. The summed E-state index contributed by atoms with van der Waals surface area (Å²) in [6.45, 7) is 2.84. The molecular formula is C14H19F3N2O2. The first-order valence-corrected chi connectivity index (χ1v) is 6.59. The van der Waals surface area contributed by atoms with E-state index in [2.05, 4.69) is 15.4 Å². The van der Waals surface area contributed by atoms with E-state index in [0.717, 1.165) is 5.56 Å². The summed E-state index contributed by atoms with van der Waals surface area (Å²) in [6.07, 6.45) is -4.14. The summed E-state index contributed by atoms with van der Waals surface area (Å²) >= 11 is 0. The van der Waals surface area contributed by atoms with Gasteiger partial charge in [0.2, 0.25) is 5.91 Å². The monoisotopic (exact) mass is 304 g/mol. The highest BCUT2D eigenvalue weighted by Gasteiger charge is 2.30. The van der Waals surface area contributed by atoms with Crippen molar-refractivity contribution >= 4 is 5.91 Å². The van der Waals surface area contributed by atoms with Crippen LogP contribution in [-0.4, -0.2) is 32.4 Å². The Kier molecular flexibility index (Phi) is 6.48. The second kappa shape index (κ2) is 7.87. The fourth-order valence-corrected chi connectivity index (χ4v) is 1.76. The van der Waals surface area contributed by atoms with Crippen LogP contribution in [0.25, 0.3) is 0 Å². The van der Waals surface area contributed by atoms with Crippen molar-refractivity contribution in [3.05, 3.63) is 29.8 Å². The van der Waals surface area contributed by atoms with E-state index in [1.54, 1.807) is 19.2 Å². The second-order valence-electron chi connectivity index (χ2n) is 4.69. The lowest BCUT2D eigenvalue weighted by Gasteiger charge is -2.12. The van der Waals surface area contributed by atoms with Crippen LogP contribution in [0, 0.1) is 5.92 Å². The Morgan fingerprint density at radius 2 is 1.90 bits per heavy atom. The molecule has 0 aliphatic heterocycles. The lowest BCUT2D eigenvalue weighted by molar-refractivity contribution is -0.274. The molecule has 1 atom stereocenters. The summed E-state index contributed by atoms with van der Waals surface area (Å²) in [5.74, 6) is -0.433. The highest BCUT2D eigenvalue weighted by atomic mass is 19.4. The number of carbonyl (C=O) groups excluding carboxylic acids is 1. The molecule has 118 valence electrons. The number of benzene rings is 1. The molecule has 1 rings (SSSR count). The van der Waals surface area contributed by atoms with Gasteiger partial charge in [-0.3, -0.25) is 4.79 Å². The van der Waals surface area contributed by atoms with Gasteiger partial charge in [-0.05, 0) is 31.2 Å². The first-order valence-electron chi connectivity index (χ1n) is 6.59. The zero-order valence-electron chi connectivity index (χ0n) is 12.0. The molecule has 4 nitrogen and oxygen atoms in total. The molecule has 1 amide bonds. The van der Waals surface area contributed by atoms with E-state index in [9.17, 15) is 18.0 Å². The highest BCUT2D eigenvalue weighted by Crippen LogP contribution is 2.22. The summed E-state index contributed by atoms with van der Waals surface area (Å²) in [5.41, 5.74) is 0.825. The van der Waals surface area contributed by atoms with Crippen LogP contribution in [0.15, 0.2) is 24.3 Å². The molecule has 7 heteroatoms. The van der Waals surface area contributed by atoms with Crippen molar-refractivity contribution in [2.75, 3.05) is 20.1 Å². The Balaban J connectivity index is 2.38. The molecule has 0 saturated carbocycles. The Hall–Kier alpha value is -1.76. The summed E-state index contributed by atoms with van der Waals surface area (Å²) in [6, 6.07) is 5.61. The predicted octanol–water partition coefficient (Wildman–Crippen LogP) is 2.10. The number of hydrogen-bond acceptors (Lipinski definition) is 3. The average molecular weight is 304 g/mol. The number of hydrogen-bond donors (Lipinski definition) is 2. The Morgan fingerprint density at radius 3 is 2.43 bits per heavy atom. The van der Waals surface area contributed by atoms with Crippen molar-refractivity contribution < 1.29 is 22.7 Å². The van der Waals surface area contributed by atoms with E-state index in [1.807, 2.05) is 6.92 Å². The molecule has 0 heterocycles. The van der Waals surface area contributed by atoms with E-state index in [0.29, 0.717) is 19.5 Å². The predicted molar refractivity (Wildman–Crippen MR) is 72.9 cm³/mol. The van der Waals surface area contributed by atoms with E-state index in [-0.39, 0.29) is 17.6 Å². The molecule has 21 heavy (non-hydrogen) atoms. The van der Waals surface area contributed by atoms with Gasteiger partial charge in [-0.1, -0.05) is 19.1 Å². The zero-order valence-corrected chi connectivity index (χ0v) is 12.0. The highest BCUT2D eigenvalue weighted by molar-refractivity contribution is 5.78. The van der Waals surface area contributed by atoms with E-state index in [1.165, 1.54) is 12.1 Å². The van der Waals surface area contributed by atoms with Crippen LogP contribution in [0.4, 0.5) is 13.2 Å². The maximum atomic E-state index is 12.0. The molecule has 0 saturated heterocycles. The minimum atomic E-state index is -4.68. The van der Waals surface area contributed by atoms with E-state index >= 15 is 0 Å². The van der Waals surface area contributed by atoms with Gasteiger partial charge >= 0.3 is 6.36 Å². The first-order chi connectivity index (χ1) is 9.81. The Labute approximate surface area is 121 Å². The maximum Gasteiger partial charge on any atom is 0.573 e. The molecule has 2 N–H and O–H groups in total. The summed E-state index contributed by atoms with van der Waals surface area (Å²) < 4.78 is 39.8. The SMILES string of the molecule is CNCC(C)C(=O)NCCc1ccc(OC(F)(F)F)cc1. The van der Waals surface area contributed by atoms with Crippen LogP contribution in [0.5, 0.6) is 5.75 Å². The van der Waals surface area contributed by atoms with Crippen LogP contribution in [0.1, 0.15) is 12.5 Å². The Morgan fingerprint density at radius 1 is 1.29 bits per heavy atom. The fraction of sp³-hybridized carbons (Fsp3) is 0.500. The van der Waals surface area contributed by atoms with Crippen LogP contribution in [0.3, 0.4) is 0 Å². The van der Waals surface area contributed by atoms with Gasteiger partial charge in [0.25, 0.3) is 0 Å². The minimum Gasteiger partial charge on any atom is -0.406 e. The van der Waals surface area contributed by atoms with Gasteiger partial charge in [-0.15, -0.1) is 13.2 Å². The van der Waals surface area contributed by atoms with Gasteiger partial charge in [0.05, 0.1) is 0 Å². The molecule has 0 aliphatic carbocycles. The van der Waals surface area contributed by atoms with Crippen molar-refractivity contribution in [3.63, 3.8) is 0 Å².